The molecular formula is C13H19NO6S. The molecule has 0 saturated heterocycles. The summed E-state index contributed by atoms with van der Waals surface area (Å²) >= 11 is 1.37. The van der Waals surface area contributed by atoms with Gasteiger partial charge in [0.05, 0.1) is 12.3 Å². The zero-order valence-electron chi connectivity index (χ0n) is 11.8. The average Bonchev–Trinajstić information content (AvgIpc) is 2.76. The van der Waals surface area contributed by atoms with E-state index < -0.39 is 23.8 Å². The zero-order chi connectivity index (χ0) is 15.8. The molecule has 1 rings (SSSR count). The molecule has 118 valence electrons. The van der Waals surface area contributed by atoms with Crippen LogP contribution >= 0.6 is 11.8 Å². The summed E-state index contributed by atoms with van der Waals surface area (Å²) in [6.07, 6.45) is 0.877. The number of nitrogens with one attached hydrogen (secondary N) is 1. The van der Waals surface area contributed by atoms with E-state index in [0.717, 1.165) is 0 Å². The topological polar surface area (TPSA) is 110 Å². The number of aliphatic carboxylic acids is 1. The van der Waals surface area contributed by atoms with E-state index >= 15 is 0 Å². The van der Waals surface area contributed by atoms with Crippen LogP contribution in [0.2, 0.25) is 0 Å². The molecule has 0 aliphatic heterocycles. The highest BCUT2D eigenvalue weighted by Crippen LogP contribution is 2.31. The van der Waals surface area contributed by atoms with Gasteiger partial charge in [0, 0.05) is 30.8 Å². The van der Waals surface area contributed by atoms with Crippen molar-refractivity contribution in [1.29, 1.82) is 0 Å². The lowest BCUT2D eigenvalue weighted by Crippen LogP contribution is -2.25. The molecule has 2 unspecified atom stereocenters. The van der Waals surface area contributed by atoms with Crippen molar-refractivity contribution in [3.8, 4) is 0 Å². The number of hydrogen-bond acceptors (Lipinski definition) is 6. The van der Waals surface area contributed by atoms with Gasteiger partial charge >= 0.3 is 11.9 Å². The number of esters is 1. The largest absolute Gasteiger partial charge is 0.481 e. The third-order valence-electron chi connectivity index (χ3n) is 3.22. The molecule has 1 saturated carbocycles. The second-order valence-corrected chi connectivity index (χ2v) is 5.92. The van der Waals surface area contributed by atoms with Gasteiger partial charge in [0.15, 0.2) is 6.73 Å². The van der Waals surface area contributed by atoms with Crippen molar-refractivity contribution >= 4 is 35.4 Å². The molecule has 0 aromatic rings. The third-order valence-corrected chi connectivity index (χ3v) is 4.31. The molecule has 2 N–H and O–H groups in total. The van der Waals surface area contributed by atoms with E-state index in [4.69, 9.17) is 9.84 Å². The first kappa shape index (κ1) is 17.5. The fourth-order valence-electron chi connectivity index (χ4n) is 2.07. The Morgan fingerprint density at radius 1 is 1.43 bits per heavy atom. The molecule has 2 atom stereocenters. The van der Waals surface area contributed by atoms with Gasteiger partial charge in [-0.1, -0.05) is 0 Å². The predicted molar refractivity (Wildman–Crippen MR) is 75.6 cm³/mol. The quantitative estimate of drug-likeness (QED) is 0.379. The molecule has 1 fully saturated rings. The number of amides is 1. The van der Waals surface area contributed by atoms with Gasteiger partial charge in [-0.3, -0.25) is 19.2 Å². The van der Waals surface area contributed by atoms with Crippen LogP contribution in [0.4, 0.5) is 0 Å². The van der Waals surface area contributed by atoms with Gasteiger partial charge in [0.1, 0.15) is 5.78 Å². The summed E-state index contributed by atoms with van der Waals surface area (Å²) in [7, 11) is 0. The van der Waals surface area contributed by atoms with Crippen molar-refractivity contribution < 1.29 is 29.0 Å². The van der Waals surface area contributed by atoms with Crippen LogP contribution in [0.3, 0.4) is 0 Å². The van der Waals surface area contributed by atoms with Crippen LogP contribution in [-0.4, -0.2) is 47.0 Å². The van der Waals surface area contributed by atoms with E-state index in [-0.39, 0.29) is 24.8 Å². The lowest BCUT2D eigenvalue weighted by atomic mass is 9.98. The van der Waals surface area contributed by atoms with E-state index in [1.165, 1.54) is 18.7 Å². The number of carboxylic acid groups (broad SMARTS) is 1. The third kappa shape index (κ3) is 6.16. The Kier molecular flexibility index (Phi) is 7.21. The van der Waals surface area contributed by atoms with Gasteiger partial charge in [-0.25, -0.2) is 0 Å². The minimum atomic E-state index is -0.929. The Bertz CT molecular complexity index is 425. The first-order valence-corrected chi connectivity index (χ1v) is 7.80. The predicted octanol–water partition coefficient (Wildman–Crippen LogP) is 0.426. The van der Waals surface area contributed by atoms with Gasteiger partial charge in [-0.2, -0.15) is 11.8 Å². The fraction of sp³-hybridized carbons (Fsp3) is 0.692. The molecule has 0 radical (unpaired) electrons. The summed E-state index contributed by atoms with van der Waals surface area (Å²) in [6.45, 7) is 1.17. The lowest BCUT2D eigenvalue weighted by molar-refractivity contribution is -0.145. The summed E-state index contributed by atoms with van der Waals surface area (Å²) < 4.78 is 4.76. The van der Waals surface area contributed by atoms with Crippen molar-refractivity contribution in [3.63, 3.8) is 0 Å². The van der Waals surface area contributed by atoms with Crippen LogP contribution in [0.5, 0.6) is 0 Å². The fourth-order valence-corrected chi connectivity index (χ4v) is 3.22. The standard InChI is InChI=1S/C13H19NO6S/c1-8(15)14-7-20-12(17)4-5-21-6-10-9(13(18)19)2-3-11(10)16/h9-10H,2-7H2,1H3,(H,14,15)(H,18,19). The Labute approximate surface area is 126 Å². The number of ketones is 1. The summed E-state index contributed by atoms with van der Waals surface area (Å²) in [5.74, 6) is -1.85. The molecule has 0 aromatic carbocycles. The van der Waals surface area contributed by atoms with Crippen LogP contribution in [0.15, 0.2) is 0 Å². The Balaban J connectivity index is 2.18. The van der Waals surface area contributed by atoms with Crippen molar-refractivity contribution in [2.45, 2.75) is 26.2 Å². The number of carbonyl (C=O) groups is 4. The molecule has 0 spiro atoms. The maximum Gasteiger partial charge on any atom is 0.308 e. The van der Waals surface area contributed by atoms with Gasteiger partial charge in [0.25, 0.3) is 0 Å². The number of thioether (sulfide) groups is 1. The highest BCUT2D eigenvalue weighted by atomic mass is 32.2. The number of ether oxygens (including phenoxy) is 1. The molecule has 8 heteroatoms. The molecule has 21 heavy (non-hydrogen) atoms. The van der Waals surface area contributed by atoms with Crippen molar-refractivity contribution in [3.05, 3.63) is 0 Å². The number of rotatable bonds is 8. The van der Waals surface area contributed by atoms with E-state index in [1.807, 2.05) is 0 Å². The van der Waals surface area contributed by atoms with Crippen LogP contribution < -0.4 is 5.32 Å². The first-order valence-electron chi connectivity index (χ1n) is 6.65. The van der Waals surface area contributed by atoms with E-state index in [0.29, 0.717) is 24.3 Å². The van der Waals surface area contributed by atoms with Crippen LogP contribution in [0, 0.1) is 11.8 Å². The van der Waals surface area contributed by atoms with E-state index in [1.54, 1.807) is 0 Å². The zero-order valence-corrected chi connectivity index (χ0v) is 12.6. The average molecular weight is 317 g/mol. The SMILES string of the molecule is CC(=O)NCOC(=O)CCSCC1C(=O)CCC1C(=O)O. The number of carboxylic acids is 1. The summed E-state index contributed by atoms with van der Waals surface area (Å²) in [5.41, 5.74) is 0. The lowest BCUT2D eigenvalue weighted by Gasteiger charge is -2.13. The summed E-state index contributed by atoms with van der Waals surface area (Å²) in [6, 6.07) is 0. The number of Topliss-reactive ketones (excluding diaryl/α,β-unsaturated/α-hetero) is 1. The van der Waals surface area contributed by atoms with Gasteiger partial charge in [-0.05, 0) is 6.42 Å². The van der Waals surface area contributed by atoms with Crippen LogP contribution in [0.1, 0.15) is 26.2 Å². The van der Waals surface area contributed by atoms with Gasteiger partial charge in [-0.15, -0.1) is 0 Å². The molecule has 1 aliphatic rings. The number of carbonyl (C=O) groups excluding carboxylic acids is 3. The minimum absolute atomic E-state index is 0.0110. The number of hydrogen-bond donors (Lipinski definition) is 2. The normalized spacial score (nSPS) is 21.1. The molecular weight excluding hydrogens is 298 g/mol. The minimum Gasteiger partial charge on any atom is -0.481 e. The molecule has 1 amide bonds. The maximum absolute atomic E-state index is 11.6. The summed E-state index contributed by atoms with van der Waals surface area (Å²) in [4.78, 5) is 44.5. The molecule has 1 aliphatic carbocycles. The highest BCUT2D eigenvalue weighted by molar-refractivity contribution is 7.99. The molecule has 0 bridgehead atoms. The molecule has 0 aromatic heterocycles. The second-order valence-electron chi connectivity index (χ2n) is 4.77. The smallest absolute Gasteiger partial charge is 0.308 e. The maximum atomic E-state index is 11.6. The molecule has 0 heterocycles. The highest BCUT2D eigenvalue weighted by Gasteiger charge is 2.38. The monoisotopic (exact) mass is 317 g/mol. The van der Waals surface area contributed by atoms with Gasteiger partial charge < -0.3 is 15.2 Å². The summed E-state index contributed by atoms with van der Waals surface area (Å²) in [5, 5.41) is 11.4. The Morgan fingerprint density at radius 2 is 2.14 bits per heavy atom. The van der Waals surface area contributed by atoms with Crippen molar-refractivity contribution in [2.24, 2.45) is 11.8 Å². The van der Waals surface area contributed by atoms with Crippen LogP contribution in [0.25, 0.3) is 0 Å². The van der Waals surface area contributed by atoms with Gasteiger partial charge in [0.2, 0.25) is 5.91 Å². The van der Waals surface area contributed by atoms with Crippen molar-refractivity contribution in [1.82, 2.24) is 5.32 Å². The first-order chi connectivity index (χ1) is 9.91. The Hall–Kier alpha value is -1.57. The van der Waals surface area contributed by atoms with Crippen molar-refractivity contribution in [2.75, 3.05) is 18.2 Å². The molecule has 7 nitrogen and oxygen atoms in total. The van der Waals surface area contributed by atoms with E-state index in [9.17, 15) is 19.2 Å². The second kappa shape index (κ2) is 8.66. The van der Waals surface area contributed by atoms with E-state index in [2.05, 4.69) is 5.32 Å². The van der Waals surface area contributed by atoms with Crippen LogP contribution in [-0.2, 0) is 23.9 Å². The Morgan fingerprint density at radius 3 is 2.76 bits per heavy atom.